The van der Waals surface area contributed by atoms with Crippen LogP contribution in [0.4, 0.5) is 0 Å². The molecule has 1 fully saturated rings. The summed E-state index contributed by atoms with van der Waals surface area (Å²) in [6.07, 6.45) is 2.32. The lowest BCUT2D eigenvalue weighted by atomic mass is 10.2. The van der Waals surface area contributed by atoms with E-state index in [2.05, 4.69) is 4.98 Å². The Hall–Kier alpha value is -0.460. The lowest BCUT2D eigenvalue weighted by Gasteiger charge is -2.04. The van der Waals surface area contributed by atoms with Gasteiger partial charge in [-0.15, -0.1) is 11.3 Å². The summed E-state index contributed by atoms with van der Waals surface area (Å²) < 4.78 is 23.7. The molecule has 17 heavy (non-hydrogen) atoms. The van der Waals surface area contributed by atoms with Crippen molar-refractivity contribution in [3.05, 3.63) is 15.6 Å². The maximum absolute atomic E-state index is 11.8. The Bertz CT molecular complexity index is 502. The minimum Gasteiger partial charge on any atom is -0.326 e. The largest absolute Gasteiger partial charge is 0.326 e. The van der Waals surface area contributed by atoms with Crippen molar-refractivity contribution in [2.75, 3.05) is 0 Å². The van der Waals surface area contributed by atoms with Crippen LogP contribution in [0.1, 0.15) is 48.2 Å². The molecule has 2 N–H and O–H groups in total. The standard InChI is InChI=1S/C11H18N2O2S2/c1-7(2)17(14,15)6-10-13-11(8-3-4-8)9(5-12)16-10/h7-8H,3-6,12H2,1-2H3. The van der Waals surface area contributed by atoms with Crippen molar-refractivity contribution in [1.29, 1.82) is 0 Å². The molecule has 0 spiro atoms. The topological polar surface area (TPSA) is 73.0 Å². The van der Waals surface area contributed by atoms with Crippen molar-refractivity contribution < 1.29 is 8.42 Å². The second kappa shape index (κ2) is 4.66. The maximum atomic E-state index is 11.8. The highest BCUT2D eigenvalue weighted by atomic mass is 32.2. The zero-order valence-corrected chi connectivity index (χ0v) is 11.8. The number of hydrogen-bond donors (Lipinski definition) is 1. The summed E-state index contributed by atoms with van der Waals surface area (Å²) in [7, 11) is -3.06. The smallest absolute Gasteiger partial charge is 0.159 e. The highest BCUT2D eigenvalue weighted by molar-refractivity contribution is 7.91. The molecule has 2 rings (SSSR count). The zero-order valence-electron chi connectivity index (χ0n) is 10.1. The molecule has 0 amide bonds. The first-order valence-corrected chi connectivity index (χ1v) is 8.37. The normalized spacial score (nSPS) is 16.7. The van der Waals surface area contributed by atoms with E-state index in [-0.39, 0.29) is 11.0 Å². The zero-order chi connectivity index (χ0) is 12.6. The van der Waals surface area contributed by atoms with Crippen LogP contribution in [-0.4, -0.2) is 18.7 Å². The number of hydrogen-bond acceptors (Lipinski definition) is 5. The molecule has 0 atom stereocenters. The van der Waals surface area contributed by atoms with Gasteiger partial charge < -0.3 is 5.73 Å². The van der Waals surface area contributed by atoms with Crippen LogP contribution in [0, 0.1) is 0 Å². The van der Waals surface area contributed by atoms with Crippen LogP contribution in [0.5, 0.6) is 0 Å². The van der Waals surface area contributed by atoms with E-state index >= 15 is 0 Å². The Morgan fingerprint density at radius 1 is 1.47 bits per heavy atom. The van der Waals surface area contributed by atoms with Crippen molar-refractivity contribution in [3.63, 3.8) is 0 Å². The van der Waals surface area contributed by atoms with Gasteiger partial charge in [0.1, 0.15) is 10.8 Å². The lowest BCUT2D eigenvalue weighted by molar-refractivity contribution is 0.586. The van der Waals surface area contributed by atoms with Crippen molar-refractivity contribution in [1.82, 2.24) is 4.98 Å². The molecule has 0 unspecified atom stereocenters. The van der Waals surface area contributed by atoms with E-state index < -0.39 is 9.84 Å². The van der Waals surface area contributed by atoms with Gasteiger partial charge in [0, 0.05) is 17.3 Å². The monoisotopic (exact) mass is 274 g/mol. The molecule has 4 nitrogen and oxygen atoms in total. The van der Waals surface area contributed by atoms with E-state index in [0.29, 0.717) is 17.5 Å². The molecule has 1 aromatic heterocycles. The quantitative estimate of drug-likeness (QED) is 0.888. The van der Waals surface area contributed by atoms with Crippen molar-refractivity contribution in [3.8, 4) is 0 Å². The molecule has 0 radical (unpaired) electrons. The van der Waals surface area contributed by atoms with Crippen LogP contribution in [0.2, 0.25) is 0 Å². The molecule has 1 aromatic rings. The predicted octanol–water partition coefficient (Wildman–Crippen LogP) is 1.80. The Morgan fingerprint density at radius 2 is 2.12 bits per heavy atom. The van der Waals surface area contributed by atoms with Crippen LogP contribution in [-0.2, 0) is 22.1 Å². The van der Waals surface area contributed by atoms with Gasteiger partial charge in [-0.1, -0.05) is 0 Å². The number of nitrogens with two attached hydrogens (primary N) is 1. The number of nitrogens with zero attached hydrogens (tertiary/aromatic N) is 1. The van der Waals surface area contributed by atoms with Gasteiger partial charge >= 0.3 is 0 Å². The molecule has 96 valence electrons. The highest BCUT2D eigenvalue weighted by Crippen LogP contribution is 2.42. The van der Waals surface area contributed by atoms with Gasteiger partial charge in [0.15, 0.2) is 9.84 Å². The summed E-state index contributed by atoms with van der Waals surface area (Å²) >= 11 is 1.46. The van der Waals surface area contributed by atoms with Gasteiger partial charge in [-0.25, -0.2) is 13.4 Å². The molecule has 0 aliphatic heterocycles. The fourth-order valence-corrected chi connectivity index (χ4v) is 3.94. The average Bonchev–Trinajstić information content (AvgIpc) is 3.00. The molecule has 1 aliphatic carbocycles. The van der Waals surface area contributed by atoms with Gasteiger partial charge in [-0.3, -0.25) is 0 Å². The summed E-state index contributed by atoms with van der Waals surface area (Å²) in [5, 5.41) is 0.346. The van der Waals surface area contributed by atoms with Crippen LogP contribution in [0.15, 0.2) is 0 Å². The third-order valence-corrected chi connectivity index (χ3v) is 6.35. The van der Waals surface area contributed by atoms with Gasteiger partial charge in [0.25, 0.3) is 0 Å². The molecule has 1 heterocycles. The summed E-state index contributed by atoms with van der Waals surface area (Å²) in [5.74, 6) is 0.579. The maximum Gasteiger partial charge on any atom is 0.159 e. The third kappa shape index (κ3) is 2.86. The third-order valence-electron chi connectivity index (χ3n) is 2.96. The molecule has 1 saturated carbocycles. The van der Waals surface area contributed by atoms with Crippen molar-refractivity contribution >= 4 is 21.2 Å². The lowest BCUT2D eigenvalue weighted by Crippen LogP contribution is -2.15. The molecule has 6 heteroatoms. The van der Waals surface area contributed by atoms with Gasteiger partial charge in [0.2, 0.25) is 0 Å². The van der Waals surface area contributed by atoms with Crippen LogP contribution in [0.25, 0.3) is 0 Å². The van der Waals surface area contributed by atoms with Gasteiger partial charge in [-0.05, 0) is 26.7 Å². The fourth-order valence-electron chi connectivity index (χ4n) is 1.64. The van der Waals surface area contributed by atoms with Gasteiger partial charge in [0.05, 0.1) is 10.9 Å². The Labute approximate surface area is 106 Å². The Kier molecular flexibility index (Phi) is 3.56. The summed E-state index contributed by atoms with van der Waals surface area (Å²) in [4.78, 5) is 5.53. The summed E-state index contributed by atoms with van der Waals surface area (Å²) in [5.41, 5.74) is 6.72. The fraction of sp³-hybridized carbons (Fsp3) is 0.727. The van der Waals surface area contributed by atoms with E-state index in [1.165, 1.54) is 11.3 Å². The van der Waals surface area contributed by atoms with Crippen molar-refractivity contribution in [2.24, 2.45) is 5.73 Å². The molecular weight excluding hydrogens is 256 g/mol. The van der Waals surface area contributed by atoms with E-state index in [1.807, 2.05) is 0 Å². The van der Waals surface area contributed by atoms with Crippen molar-refractivity contribution in [2.45, 2.75) is 50.2 Å². The average molecular weight is 274 g/mol. The van der Waals surface area contributed by atoms with Gasteiger partial charge in [-0.2, -0.15) is 0 Å². The van der Waals surface area contributed by atoms with E-state index in [9.17, 15) is 8.42 Å². The van der Waals surface area contributed by atoms with Crippen LogP contribution >= 0.6 is 11.3 Å². The summed E-state index contributed by atoms with van der Waals surface area (Å²) in [6, 6.07) is 0. The minimum absolute atomic E-state index is 0.0506. The number of rotatable bonds is 5. The Balaban J connectivity index is 2.22. The number of sulfone groups is 1. The molecule has 0 bridgehead atoms. The minimum atomic E-state index is -3.06. The van der Waals surface area contributed by atoms with Crippen LogP contribution in [0.3, 0.4) is 0 Å². The predicted molar refractivity (Wildman–Crippen MR) is 69.7 cm³/mol. The molecule has 1 aliphatic rings. The van der Waals surface area contributed by atoms with E-state index in [1.54, 1.807) is 13.8 Å². The van der Waals surface area contributed by atoms with E-state index in [4.69, 9.17) is 5.73 Å². The highest BCUT2D eigenvalue weighted by Gasteiger charge is 2.30. The van der Waals surface area contributed by atoms with Crippen LogP contribution < -0.4 is 5.73 Å². The molecule has 0 saturated heterocycles. The summed E-state index contributed by atoms with van der Waals surface area (Å²) in [6.45, 7) is 3.87. The van der Waals surface area contributed by atoms with E-state index in [0.717, 1.165) is 23.4 Å². The Morgan fingerprint density at radius 3 is 2.59 bits per heavy atom. The second-order valence-corrected chi connectivity index (χ2v) is 8.48. The first-order chi connectivity index (χ1) is 7.94. The number of thiazole rings is 1. The molecular formula is C11H18N2O2S2. The first kappa shape index (κ1) is 13.0. The SMILES string of the molecule is CC(C)S(=O)(=O)Cc1nc(C2CC2)c(CN)s1. The molecule has 0 aromatic carbocycles. The number of aromatic nitrogens is 1. The first-order valence-electron chi connectivity index (χ1n) is 5.84. The second-order valence-electron chi connectivity index (χ2n) is 4.75.